The molecule has 154 valence electrons. The minimum Gasteiger partial charge on any atom is -0.411 e. The molecule has 0 atom stereocenters. The first-order valence-electron chi connectivity index (χ1n) is 9.13. The first kappa shape index (κ1) is 20.3. The summed E-state index contributed by atoms with van der Waals surface area (Å²) in [6, 6.07) is 18.9. The van der Waals surface area contributed by atoms with E-state index in [-0.39, 0.29) is 16.8 Å². The molecule has 4 aromatic rings. The molecule has 0 saturated carbocycles. The zero-order valence-electron chi connectivity index (χ0n) is 16.2. The third-order valence-corrected chi connectivity index (χ3v) is 5.12. The maximum atomic E-state index is 12.7. The number of aryl methyl sites for hydroxylation is 1. The number of nitro groups is 1. The summed E-state index contributed by atoms with van der Waals surface area (Å²) < 4.78 is 11.0. The monoisotopic (exact) mass is 433 g/mol. The molecular formula is C22H15N3O5S. The number of rotatable bonds is 7. The molecular weight excluding hydrogens is 418 g/mol. The van der Waals surface area contributed by atoms with Gasteiger partial charge in [-0.25, -0.2) is 0 Å². The van der Waals surface area contributed by atoms with Gasteiger partial charge in [-0.3, -0.25) is 14.9 Å². The second kappa shape index (κ2) is 8.80. The Bertz CT molecular complexity index is 1260. The van der Waals surface area contributed by atoms with Crippen molar-refractivity contribution < 1.29 is 18.6 Å². The molecule has 2 heterocycles. The van der Waals surface area contributed by atoms with Crippen LogP contribution in [-0.4, -0.2) is 20.9 Å². The summed E-state index contributed by atoms with van der Waals surface area (Å²) >= 11 is 0.992. The van der Waals surface area contributed by atoms with Gasteiger partial charge >= 0.3 is 5.88 Å². The molecule has 0 spiro atoms. The van der Waals surface area contributed by atoms with E-state index >= 15 is 0 Å². The van der Waals surface area contributed by atoms with Gasteiger partial charge in [-0.15, -0.1) is 10.2 Å². The SMILES string of the molecule is Cc1ccc(-c2nnc(SC(=CC(=O)c3ccccc3)c3ccc([N+](=O)[O-])o3)o2)cc1. The fraction of sp³-hybridized carbons (Fsp3) is 0.0455. The van der Waals surface area contributed by atoms with E-state index in [1.54, 1.807) is 30.3 Å². The maximum absolute atomic E-state index is 12.7. The number of furan rings is 1. The summed E-state index contributed by atoms with van der Waals surface area (Å²) in [5.41, 5.74) is 2.32. The number of nitrogens with zero attached hydrogens (tertiary/aromatic N) is 3. The predicted molar refractivity (Wildman–Crippen MR) is 114 cm³/mol. The number of thioether (sulfide) groups is 1. The van der Waals surface area contributed by atoms with Crippen LogP contribution in [0.4, 0.5) is 5.88 Å². The van der Waals surface area contributed by atoms with Gasteiger partial charge in [0.15, 0.2) is 5.78 Å². The van der Waals surface area contributed by atoms with Crippen molar-refractivity contribution in [3.05, 3.63) is 99.8 Å². The number of aromatic nitrogens is 2. The van der Waals surface area contributed by atoms with Gasteiger partial charge in [0, 0.05) is 17.2 Å². The van der Waals surface area contributed by atoms with Crippen LogP contribution in [0, 0.1) is 17.0 Å². The van der Waals surface area contributed by atoms with Crippen LogP contribution in [0.15, 0.2) is 86.9 Å². The normalized spacial score (nSPS) is 11.5. The van der Waals surface area contributed by atoms with Crippen molar-refractivity contribution in [1.29, 1.82) is 0 Å². The molecule has 0 amide bonds. The van der Waals surface area contributed by atoms with Crippen LogP contribution in [-0.2, 0) is 0 Å². The zero-order chi connectivity index (χ0) is 21.8. The average Bonchev–Trinajstić information content (AvgIpc) is 3.44. The zero-order valence-corrected chi connectivity index (χ0v) is 17.0. The van der Waals surface area contributed by atoms with E-state index in [1.165, 1.54) is 18.2 Å². The van der Waals surface area contributed by atoms with Gasteiger partial charge in [-0.05, 0) is 36.9 Å². The standard InChI is InChI=1S/C22H15N3O5S/c1-14-7-9-16(10-8-14)21-23-24-22(30-21)31-19(18-11-12-20(29-18)25(27)28)13-17(26)15-5-3-2-4-6-15/h2-13H,1H3. The highest BCUT2D eigenvalue weighted by Crippen LogP contribution is 2.37. The van der Waals surface area contributed by atoms with Crippen molar-refractivity contribution in [3.8, 4) is 11.5 Å². The number of benzene rings is 2. The number of hydrogen-bond acceptors (Lipinski definition) is 8. The molecule has 0 aliphatic carbocycles. The van der Waals surface area contributed by atoms with E-state index < -0.39 is 10.8 Å². The molecule has 2 aromatic heterocycles. The Kier molecular flexibility index (Phi) is 5.76. The van der Waals surface area contributed by atoms with E-state index in [4.69, 9.17) is 8.83 Å². The van der Waals surface area contributed by atoms with Crippen LogP contribution in [0.25, 0.3) is 16.4 Å². The van der Waals surface area contributed by atoms with Crippen molar-refractivity contribution in [2.75, 3.05) is 0 Å². The third-order valence-electron chi connectivity index (χ3n) is 4.24. The summed E-state index contributed by atoms with van der Waals surface area (Å²) in [4.78, 5) is 23.3. The third kappa shape index (κ3) is 4.78. The van der Waals surface area contributed by atoms with Crippen molar-refractivity contribution in [3.63, 3.8) is 0 Å². The lowest BCUT2D eigenvalue weighted by atomic mass is 10.1. The van der Waals surface area contributed by atoms with Gasteiger partial charge < -0.3 is 8.83 Å². The molecule has 0 saturated heterocycles. The number of carbonyl (C=O) groups excluding carboxylic acids is 1. The summed E-state index contributed by atoms with van der Waals surface area (Å²) in [7, 11) is 0. The fourth-order valence-electron chi connectivity index (χ4n) is 2.67. The van der Waals surface area contributed by atoms with Crippen LogP contribution in [0.1, 0.15) is 21.7 Å². The van der Waals surface area contributed by atoms with Gasteiger partial charge in [0.05, 0.1) is 11.0 Å². The molecule has 9 heteroatoms. The largest absolute Gasteiger partial charge is 0.433 e. The molecule has 8 nitrogen and oxygen atoms in total. The Morgan fingerprint density at radius 1 is 1.00 bits per heavy atom. The summed E-state index contributed by atoms with van der Waals surface area (Å²) in [6.45, 7) is 1.97. The van der Waals surface area contributed by atoms with Gasteiger partial charge in [0.1, 0.15) is 10.7 Å². The Labute approximate surface area is 180 Å². The van der Waals surface area contributed by atoms with Crippen LogP contribution in [0.5, 0.6) is 0 Å². The van der Waals surface area contributed by atoms with Crippen molar-refractivity contribution >= 4 is 28.3 Å². The average molecular weight is 433 g/mol. The Hall–Kier alpha value is -3.98. The lowest BCUT2D eigenvalue weighted by molar-refractivity contribution is -0.402. The fourth-order valence-corrected chi connectivity index (χ4v) is 3.44. The van der Waals surface area contributed by atoms with E-state index in [2.05, 4.69) is 10.2 Å². The summed E-state index contributed by atoms with van der Waals surface area (Å²) in [6.07, 6.45) is 1.33. The minimum atomic E-state index is -0.646. The lowest BCUT2D eigenvalue weighted by Crippen LogP contribution is -1.95. The van der Waals surface area contributed by atoms with Gasteiger partial charge in [-0.2, -0.15) is 0 Å². The molecule has 0 aliphatic rings. The van der Waals surface area contributed by atoms with Crippen molar-refractivity contribution in [1.82, 2.24) is 10.2 Å². The van der Waals surface area contributed by atoms with Gasteiger partial charge in [-0.1, -0.05) is 48.0 Å². The number of allylic oxidation sites excluding steroid dienone is 1. The number of ketones is 1. The Morgan fingerprint density at radius 3 is 2.42 bits per heavy atom. The molecule has 0 bridgehead atoms. The van der Waals surface area contributed by atoms with E-state index in [0.29, 0.717) is 16.4 Å². The van der Waals surface area contributed by atoms with Crippen LogP contribution in [0.2, 0.25) is 0 Å². The molecule has 0 aliphatic heterocycles. The summed E-state index contributed by atoms with van der Waals surface area (Å²) in [5, 5.41) is 19.2. The van der Waals surface area contributed by atoms with E-state index in [0.717, 1.165) is 22.9 Å². The molecule has 0 fully saturated rings. The molecule has 2 aromatic carbocycles. The quantitative estimate of drug-likeness (QED) is 0.122. The molecule has 0 radical (unpaired) electrons. The highest BCUT2D eigenvalue weighted by Gasteiger charge is 2.20. The summed E-state index contributed by atoms with van der Waals surface area (Å²) in [5.74, 6) is -0.252. The molecule has 4 rings (SSSR count). The second-order valence-electron chi connectivity index (χ2n) is 6.48. The van der Waals surface area contributed by atoms with Crippen molar-refractivity contribution in [2.45, 2.75) is 12.1 Å². The molecule has 31 heavy (non-hydrogen) atoms. The number of hydrogen-bond donors (Lipinski definition) is 0. The minimum absolute atomic E-state index is 0.149. The van der Waals surface area contributed by atoms with Crippen LogP contribution < -0.4 is 0 Å². The van der Waals surface area contributed by atoms with E-state index in [9.17, 15) is 14.9 Å². The highest BCUT2D eigenvalue weighted by molar-refractivity contribution is 8.08. The van der Waals surface area contributed by atoms with Crippen LogP contribution in [0.3, 0.4) is 0 Å². The number of carbonyl (C=O) groups is 1. The van der Waals surface area contributed by atoms with Crippen LogP contribution >= 0.6 is 11.8 Å². The van der Waals surface area contributed by atoms with E-state index in [1.807, 2.05) is 31.2 Å². The van der Waals surface area contributed by atoms with Crippen molar-refractivity contribution in [2.24, 2.45) is 0 Å². The first-order valence-corrected chi connectivity index (χ1v) is 9.95. The first-order chi connectivity index (χ1) is 15.0. The van der Waals surface area contributed by atoms with Gasteiger partial charge in [0.25, 0.3) is 5.22 Å². The highest BCUT2D eigenvalue weighted by atomic mass is 32.2. The smallest absolute Gasteiger partial charge is 0.411 e. The Morgan fingerprint density at radius 2 is 1.74 bits per heavy atom. The molecule has 0 unspecified atom stereocenters. The van der Waals surface area contributed by atoms with Gasteiger partial charge in [0.2, 0.25) is 5.89 Å². The Balaban J connectivity index is 1.66. The maximum Gasteiger partial charge on any atom is 0.433 e. The molecule has 0 N–H and O–H groups in total. The topological polar surface area (TPSA) is 112 Å². The lowest BCUT2D eigenvalue weighted by Gasteiger charge is -2.01. The second-order valence-corrected chi connectivity index (χ2v) is 7.47. The predicted octanol–water partition coefficient (Wildman–Crippen LogP) is 5.56.